The number of rotatable bonds is 2. The molecular formula is C17H22N8. The lowest BCUT2D eigenvalue weighted by molar-refractivity contribution is 0.558. The fourth-order valence-corrected chi connectivity index (χ4v) is 4.22. The van der Waals surface area contributed by atoms with Crippen LogP contribution in [0.25, 0.3) is 11.0 Å². The van der Waals surface area contributed by atoms with Crippen molar-refractivity contribution in [1.82, 2.24) is 34.5 Å². The van der Waals surface area contributed by atoms with Crippen LogP contribution in [0.1, 0.15) is 49.8 Å². The van der Waals surface area contributed by atoms with Crippen molar-refractivity contribution in [3.8, 4) is 0 Å². The molecule has 0 radical (unpaired) electrons. The Balaban J connectivity index is 1.57. The van der Waals surface area contributed by atoms with E-state index >= 15 is 0 Å². The van der Waals surface area contributed by atoms with Crippen LogP contribution in [0, 0.1) is 0 Å². The van der Waals surface area contributed by atoms with E-state index in [9.17, 15) is 0 Å². The minimum absolute atomic E-state index is 0.234. The highest BCUT2D eigenvalue weighted by atomic mass is 15.3. The quantitative estimate of drug-likeness (QED) is 0.711. The van der Waals surface area contributed by atoms with Crippen LogP contribution in [-0.4, -0.2) is 41.1 Å². The summed E-state index contributed by atoms with van der Waals surface area (Å²) in [6, 6.07) is 0.234. The Labute approximate surface area is 145 Å². The van der Waals surface area contributed by atoms with Gasteiger partial charge in [-0.1, -0.05) is 6.42 Å². The van der Waals surface area contributed by atoms with E-state index in [0.717, 1.165) is 60.9 Å². The average molecular weight is 338 g/mol. The second kappa shape index (κ2) is 5.79. The Morgan fingerprint density at radius 1 is 1.04 bits per heavy atom. The van der Waals surface area contributed by atoms with Crippen LogP contribution in [0.5, 0.6) is 0 Å². The van der Waals surface area contributed by atoms with Crippen molar-refractivity contribution in [2.75, 3.05) is 11.4 Å². The summed E-state index contributed by atoms with van der Waals surface area (Å²) in [5.41, 5.74) is 0.871. The molecule has 0 saturated carbocycles. The average Bonchev–Trinajstić information content (AvgIpc) is 3.31. The number of hydrogen-bond acceptors (Lipinski definition) is 6. The van der Waals surface area contributed by atoms with Crippen LogP contribution in [-0.2, 0) is 20.0 Å². The van der Waals surface area contributed by atoms with E-state index in [4.69, 9.17) is 0 Å². The minimum Gasteiger partial charge on any atom is -0.346 e. The summed E-state index contributed by atoms with van der Waals surface area (Å²) in [5, 5.41) is 14.4. The molecule has 0 bridgehead atoms. The standard InChI is InChI=1S/C17H22N8/c1-23-15-12(10-20-23)16(19-11-18-15)24-9-5-6-13(24)17-22-21-14-7-3-2-4-8-25(14)17/h10-11,13H,2-9H2,1H3/t13-/m1/s1. The first kappa shape index (κ1) is 14.8. The number of aromatic nitrogens is 7. The highest BCUT2D eigenvalue weighted by Gasteiger charge is 2.33. The molecule has 0 spiro atoms. The minimum atomic E-state index is 0.234. The van der Waals surface area contributed by atoms with E-state index in [0.29, 0.717) is 0 Å². The van der Waals surface area contributed by atoms with Gasteiger partial charge in [-0.15, -0.1) is 10.2 Å². The molecule has 3 aromatic rings. The van der Waals surface area contributed by atoms with Gasteiger partial charge < -0.3 is 9.47 Å². The molecule has 8 heteroatoms. The third-order valence-corrected chi connectivity index (χ3v) is 5.47. The maximum Gasteiger partial charge on any atom is 0.163 e. The summed E-state index contributed by atoms with van der Waals surface area (Å²) in [4.78, 5) is 11.3. The Kier molecular flexibility index (Phi) is 3.43. The summed E-state index contributed by atoms with van der Waals surface area (Å²) < 4.78 is 4.16. The van der Waals surface area contributed by atoms with Crippen LogP contribution >= 0.6 is 0 Å². The number of hydrogen-bond donors (Lipinski definition) is 0. The fourth-order valence-electron chi connectivity index (χ4n) is 4.22. The molecule has 5 rings (SSSR count). The second-order valence-corrected chi connectivity index (χ2v) is 6.99. The molecule has 25 heavy (non-hydrogen) atoms. The molecule has 0 N–H and O–H groups in total. The highest BCUT2D eigenvalue weighted by molar-refractivity contribution is 5.86. The number of nitrogens with zero attached hydrogens (tertiary/aromatic N) is 8. The van der Waals surface area contributed by atoms with Crippen molar-refractivity contribution < 1.29 is 0 Å². The smallest absolute Gasteiger partial charge is 0.163 e. The molecule has 8 nitrogen and oxygen atoms in total. The van der Waals surface area contributed by atoms with E-state index in [1.54, 1.807) is 11.0 Å². The van der Waals surface area contributed by atoms with Crippen molar-refractivity contribution >= 4 is 16.9 Å². The van der Waals surface area contributed by atoms with E-state index in [-0.39, 0.29) is 6.04 Å². The molecule has 3 aromatic heterocycles. The van der Waals surface area contributed by atoms with Gasteiger partial charge in [0.25, 0.3) is 0 Å². The molecule has 0 aromatic carbocycles. The van der Waals surface area contributed by atoms with Crippen molar-refractivity contribution in [2.45, 2.75) is 51.1 Å². The summed E-state index contributed by atoms with van der Waals surface area (Å²) in [5.74, 6) is 3.21. The highest BCUT2D eigenvalue weighted by Crippen LogP contribution is 2.37. The lowest BCUT2D eigenvalue weighted by Gasteiger charge is -2.26. The zero-order valence-electron chi connectivity index (χ0n) is 14.5. The molecule has 2 aliphatic rings. The summed E-state index contributed by atoms with van der Waals surface area (Å²) >= 11 is 0. The molecule has 0 unspecified atom stereocenters. The van der Waals surface area contributed by atoms with Gasteiger partial charge in [0.1, 0.15) is 18.0 Å². The summed E-state index contributed by atoms with van der Waals surface area (Å²) in [7, 11) is 1.92. The van der Waals surface area contributed by atoms with Gasteiger partial charge in [0.15, 0.2) is 11.5 Å². The van der Waals surface area contributed by atoms with Crippen molar-refractivity contribution in [3.05, 3.63) is 24.2 Å². The Hall–Kier alpha value is -2.51. The topological polar surface area (TPSA) is 77.5 Å². The predicted molar refractivity (Wildman–Crippen MR) is 93.2 cm³/mol. The largest absolute Gasteiger partial charge is 0.346 e. The van der Waals surface area contributed by atoms with E-state index in [1.807, 2.05) is 13.2 Å². The maximum atomic E-state index is 4.60. The molecule has 1 fully saturated rings. The first-order chi connectivity index (χ1) is 12.3. The summed E-state index contributed by atoms with van der Waals surface area (Å²) in [6.45, 7) is 2.02. The van der Waals surface area contributed by atoms with Crippen LogP contribution in [0.4, 0.5) is 5.82 Å². The van der Waals surface area contributed by atoms with Crippen molar-refractivity contribution in [2.24, 2.45) is 7.05 Å². The Bertz CT molecular complexity index is 911. The predicted octanol–water partition coefficient (Wildman–Crippen LogP) is 2.02. The molecule has 1 atom stereocenters. The lowest BCUT2D eigenvalue weighted by atomic mass is 10.2. The number of aryl methyl sites for hydroxylation is 2. The van der Waals surface area contributed by atoms with Gasteiger partial charge in [-0.2, -0.15) is 5.10 Å². The van der Waals surface area contributed by atoms with Gasteiger partial charge in [-0.3, -0.25) is 4.68 Å². The SMILES string of the molecule is Cn1ncc2c(N3CCC[C@@H]3c3nnc4n3CCCCC4)ncnc21. The van der Waals surface area contributed by atoms with Crippen LogP contribution in [0.3, 0.4) is 0 Å². The van der Waals surface area contributed by atoms with Gasteiger partial charge >= 0.3 is 0 Å². The van der Waals surface area contributed by atoms with Gasteiger partial charge in [-0.25, -0.2) is 9.97 Å². The molecule has 2 aliphatic heterocycles. The Morgan fingerprint density at radius 2 is 2.00 bits per heavy atom. The Morgan fingerprint density at radius 3 is 2.96 bits per heavy atom. The van der Waals surface area contributed by atoms with Gasteiger partial charge in [0, 0.05) is 26.6 Å². The maximum absolute atomic E-state index is 4.60. The van der Waals surface area contributed by atoms with Gasteiger partial charge in [-0.05, 0) is 25.7 Å². The molecule has 0 amide bonds. The number of anilines is 1. The zero-order chi connectivity index (χ0) is 16.8. The van der Waals surface area contributed by atoms with E-state index < -0.39 is 0 Å². The van der Waals surface area contributed by atoms with Crippen molar-refractivity contribution in [3.63, 3.8) is 0 Å². The summed E-state index contributed by atoms with van der Waals surface area (Å²) in [6.07, 6.45) is 10.5. The molecule has 5 heterocycles. The molecular weight excluding hydrogens is 316 g/mol. The zero-order valence-corrected chi connectivity index (χ0v) is 14.5. The third kappa shape index (κ3) is 2.31. The van der Waals surface area contributed by atoms with Gasteiger partial charge in [0.2, 0.25) is 0 Å². The first-order valence-electron chi connectivity index (χ1n) is 9.14. The van der Waals surface area contributed by atoms with E-state index in [2.05, 4.69) is 34.7 Å². The fraction of sp³-hybridized carbons (Fsp3) is 0.588. The van der Waals surface area contributed by atoms with Gasteiger partial charge in [0.05, 0.1) is 17.6 Å². The molecule has 1 saturated heterocycles. The van der Waals surface area contributed by atoms with Crippen LogP contribution in [0.2, 0.25) is 0 Å². The normalized spacial score (nSPS) is 20.8. The third-order valence-electron chi connectivity index (χ3n) is 5.47. The molecule has 130 valence electrons. The second-order valence-electron chi connectivity index (χ2n) is 6.99. The lowest BCUT2D eigenvalue weighted by Crippen LogP contribution is -2.26. The van der Waals surface area contributed by atoms with Crippen molar-refractivity contribution in [1.29, 1.82) is 0 Å². The van der Waals surface area contributed by atoms with Crippen LogP contribution in [0.15, 0.2) is 12.5 Å². The number of fused-ring (bicyclic) bond motifs is 2. The first-order valence-corrected chi connectivity index (χ1v) is 9.14. The molecule has 0 aliphatic carbocycles. The van der Waals surface area contributed by atoms with E-state index in [1.165, 1.54) is 19.3 Å². The van der Waals surface area contributed by atoms with Crippen LogP contribution < -0.4 is 4.90 Å². The monoisotopic (exact) mass is 338 g/mol.